The largest absolute Gasteiger partial charge is 0.394 e. The molecule has 0 aromatic carbocycles. The minimum Gasteiger partial charge on any atom is -0.394 e. The molecule has 0 amide bonds. The summed E-state index contributed by atoms with van der Waals surface area (Å²) in [6.45, 7) is -1.05. The van der Waals surface area contributed by atoms with Gasteiger partial charge in [0.25, 0.3) is 0 Å². The maximum atomic E-state index is 9.12. The lowest BCUT2D eigenvalue weighted by Crippen LogP contribution is -2.58. The van der Waals surface area contributed by atoms with Gasteiger partial charge in [0.1, 0.15) is 48.8 Å². The van der Waals surface area contributed by atoms with Crippen molar-refractivity contribution >= 4 is 0 Å². The fourth-order valence-corrected chi connectivity index (χ4v) is 2.16. The Morgan fingerprint density at radius 1 is 0.458 bits per heavy atom. The number of aliphatic hydroxyl groups excluding tert-OH is 10. The predicted molar refractivity (Wildman–Crippen MR) is 72.0 cm³/mol. The second-order valence-corrected chi connectivity index (χ2v) is 5.44. The molecule has 0 radical (unpaired) electrons. The average Bonchev–Trinajstić information content (AvgIpc) is 2.58. The van der Waals surface area contributed by atoms with Gasteiger partial charge in [-0.05, 0) is 0 Å². The number of ether oxygens (including phenoxy) is 2. The van der Waals surface area contributed by atoms with Crippen molar-refractivity contribution in [3.63, 3.8) is 0 Å². The molecule has 0 spiro atoms. The number of hydrogen-bond donors (Lipinski definition) is 10. The molecular weight excluding hydrogens is 336 g/mol. The van der Waals surface area contributed by atoms with Gasteiger partial charge in [-0.15, -0.1) is 0 Å². The summed E-state index contributed by atoms with van der Waals surface area (Å²) < 4.78 is 9.15. The average molecular weight is 360 g/mol. The lowest BCUT2D eigenvalue weighted by atomic mass is 10.00. The highest BCUT2D eigenvalue weighted by Crippen LogP contribution is 2.19. The van der Waals surface area contributed by atoms with Gasteiger partial charge in [-0.25, -0.2) is 0 Å². The molecule has 2 rings (SSSR count). The van der Waals surface area contributed by atoms with Crippen LogP contribution in [0.4, 0.5) is 0 Å². The molecule has 12 heteroatoms. The molecule has 12 nitrogen and oxygen atoms in total. The van der Waals surface area contributed by atoms with E-state index >= 15 is 0 Å². The normalized spacial score (nSPS) is 49.2. The van der Waals surface area contributed by atoms with E-state index in [1.807, 2.05) is 0 Å². The van der Waals surface area contributed by atoms with E-state index in [-0.39, 0.29) is 0 Å². The molecule has 144 valence electrons. The van der Waals surface area contributed by atoms with Gasteiger partial charge in [0.15, 0.2) is 12.6 Å². The van der Waals surface area contributed by atoms with Gasteiger partial charge in [-0.2, -0.15) is 0 Å². The van der Waals surface area contributed by atoms with Crippen LogP contribution in [-0.2, 0) is 9.47 Å². The Kier molecular flexibility index (Phi) is 8.34. The van der Waals surface area contributed by atoms with Crippen molar-refractivity contribution in [2.75, 3.05) is 13.2 Å². The molecule has 0 unspecified atom stereocenters. The Morgan fingerprint density at radius 2 is 0.750 bits per heavy atom. The Morgan fingerprint density at radius 3 is 1.00 bits per heavy atom. The van der Waals surface area contributed by atoms with Crippen molar-refractivity contribution in [1.29, 1.82) is 0 Å². The monoisotopic (exact) mass is 360 g/mol. The number of aliphatic hydroxyl groups is 10. The molecule has 2 fully saturated rings. The zero-order chi connectivity index (χ0) is 18.6. The van der Waals surface area contributed by atoms with Crippen LogP contribution < -0.4 is 0 Å². The molecule has 0 saturated carbocycles. The van der Waals surface area contributed by atoms with Crippen LogP contribution in [-0.4, -0.2) is 126 Å². The van der Waals surface area contributed by atoms with E-state index in [0.29, 0.717) is 0 Å². The van der Waals surface area contributed by atoms with Gasteiger partial charge in [0.05, 0.1) is 13.2 Å². The van der Waals surface area contributed by atoms with Gasteiger partial charge in [-0.3, -0.25) is 0 Å². The smallest absolute Gasteiger partial charge is 0.184 e. The van der Waals surface area contributed by atoms with Gasteiger partial charge in [0.2, 0.25) is 0 Å². The zero-order valence-electron chi connectivity index (χ0n) is 12.5. The Bertz CT molecular complexity index is 326. The number of rotatable bonds is 2. The first-order chi connectivity index (χ1) is 11.1. The first kappa shape index (κ1) is 21.6. The fraction of sp³-hybridized carbons (Fsp3) is 1.00. The lowest BCUT2D eigenvalue weighted by molar-refractivity contribution is -0.286. The highest BCUT2D eigenvalue weighted by atomic mass is 16.6. The van der Waals surface area contributed by atoms with Crippen molar-refractivity contribution < 1.29 is 60.5 Å². The van der Waals surface area contributed by atoms with Crippen LogP contribution in [0.3, 0.4) is 0 Å². The third-order valence-electron chi connectivity index (χ3n) is 3.73. The summed E-state index contributed by atoms with van der Waals surface area (Å²) >= 11 is 0. The molecule has 24 heavy (non-hydrogen) atoms. The molecule has 0 aromatic rings. The van der Waals surface area contributed by atoms with Crippen LogP contribution in [0, 0.1) is 0 Å². The summed E-state index contributed by atoms with van der Waals surface area (Å²) in [7, 11) is 0. The van der Waals surface area contributed by atoms with Gasteiger partial charge in [0, 0.05) is 0 Å². The van der Waals surface area contributed by atoms with Crippen LogP contribution in [0.1, 0.15) is 0 Å². The SMILES string of the molecule is OC[C@H]1O[C@H](O)[C@@H](O)[C@@H](O)[C@@H]1O.OC[C@H]1O[C@H](O)[C@H](O)[C@@H](O)[C@H]1O. The second kappa shape index (κ2) is 9.28. The van der Waals surface area contributed by atoms with E-state index in [4.69, 9.17) is 51.1 Å². The van der Waals surface area contributed by atoms with Crippen LogP contribution in [0.25, 0.3) is 0 Å². The van der Waals surface area contributed by atoms with Crippen molar-refractivity contribution in [2.24, 2.45) is 0 Å². The molecule has 2 saturated heterocycles. The van der Waals surface area contributed by atoms with Crippen LogP contribution in [0.5, 0.6) is 0 Å². The van der Waals surface area contributed by atoms with Crippen molar-refractivity contribution in [1.82, 2.24) is 0 Å². The van der Waals surface area contributed by atoms with E-state index in [9.17, 15) is 0 Å². The fourth-order valence-electron chi connectivity index (χ4n) is 2.16. The second-order valence-electron chi connectivity index (χ2n) is 5.44. The molecule has 2 aliphatic rings. The Hall–Kier alpha value is -0.480. The molecular formula is C12H24O12. The van der Waals surface area contributed by atoms with E-state index in [0.717, 1.165) is 0 Å². The Balaban J connectivity index is 0.000000240. The van der Waals surface area contributed by atoms with Crippen molar-refractivity contribution in [3.05, 3.63) is 0 Å². The van der Waals surface area contributed by atoms with Gasteiger partial charge >= 0.3 is 0 Å². The van der Waals surface area contributed by atoms with Gasteiger partial charge in [-0.1, -0.05) is 0 Å². The highest BCUT2D eigenvalue weighted by Gasteiger charge is 2.43. The molecule has 0 aromatic heterocycles. The molecule has 2 heterocycles. The van der Waals surface area contributed by atoms with E-state index < -0.39 is 74.6 Å². The maximum Gasteiger partial charge on any atom is 0.184 e. The number of hydrogen-bond acceptors (Lipinski definition) is 12. The molecule has 0 bridgehead atoms. The molecule has 10 atom stereocenters. The lowest BCUT2D eigenvalue weighted by Gasteiger charge is -2.37. The van der Waals surface area contributed by atoms with E-state index in [1.54, 1.807) is 0 Å². The van der Waals surface area contributed by atoms with Crippen molar-refractivity contribution in [2.45, 2.75) is 61.4 Å². The third kappa shape index (κ3) is 4.78. The van der Waals surface area contributed by atoms with E-state index in [2.05, 4.69) is 9.47 Å². The van der Waals surface area contributed by atoms with Gasteiger partial charge < -0.3 is 60.5 Å². The summed E-state index contributed by atoms with van der Waals surface area (Å²) in [6.07, 6.45) is -14.1. The summed E-state index contributed by atoms with van der Waals surface area (Å²) in [5, 5.41) is 89.3. The first-order valence-electron chi connectivity index (χ1n) is 7.12. The van der Waals surface area contributed by atoms with E-state index in [1.165, 1.54) is 0 Å². The minimum absolute atomic E-state index is 0.526. The highest BCUT2D eigenvalue weighted by molar-refractivity contribution is 4.88. The zero-order valence-corrected chi connectivity index (χ0v) is 12.5. The van der Waals surface area contributed by atoms with Crippen LogP contribution in [0.2, 0.25) is 0 Å². The summed E-state index contributed by atoms with van der Waals surface area (Å²) in [6, 6.07) is 0. The summed E-state index contributed by atoms with van der Waals surface area (Å²) in [5.74, 6) is 0. The van der Waals surface area contributed by atoms with Crippen molar-refractivity contribution in [3.8, 4) is 0 Å². The standard InChI is InChI=1S/2C6H12O6/c2*7-1-2-3(8)4(9)5(10)6(11)12-2/h2*2-11H,1H2/t2-,3+,4+,5-,6+;2-,3-,4+,5+,6+/m11/s1. The molecule has 2 aliphatic heterocycles. The van der Waals surface area contributed by atoms with Crippen LogP contribution in [0.15, 0.2) is 0 Å². The summed E-state index contributed by atoms with van der Waals surface area (Å²) in [4.78, 5) is 0. The topological polar surface area (TPSA) is 221 Å². The first-order valence-corrected chi connectivity index (χ1v) is 7.12. The third-order valence-corrected chi connectivity index (χ3v) is 3.73. The summed E-state index contributed by atoms with van der Waals surface area (Å²) in [5.41, 5.74) is 0. The predicted octanol–water partition coefficient (Wildman–Crippen LogP) is -6.44. The van der Waals surface area contributed by atoms with Crippen LogP contribution >= 0.6 is 0 Å². The minimum atomic E-state index is -1.57. The maximum absolute atomic E-state index is 9.12. The molecule has 10 N–H and O–H groups in total. The Labute approximate surface area is 136 Å². The molecule has 0 aliphatic carbocycles. The quantitative estimate of drug-likeness (QED) is 0.222.